The molecule has 1 aromatic heterocycles. The molecule has 0 saturated heterocycles. The van der Waals surface area contributed by atoms with Gasteiger partial charge in [-0.05, 0) is 25.0 Å². The fourth-order valence-corrected chi connectivity index (χ4v) is 2.21. The monoisotopic (exact) mass is 391 g/mol. The van der Waals surface area contributed by atoms with E-state index in [0.717, 1.165) is 0 Å². The average Bonchev–Trinajstić information content (AvgIpc) is 2.50. The SMILES string of the molecule is O=S(=O)(O)C(F)(F)CCCCCCCCC(F)(F)F.c1ccncc1. The third-order valence-corrected chi connectivity index (χ3v) is 4.08. The second kappa shape index (κ2) is 11.3. The second-order valence-electron chi connectivity index (χ2n) is 5.37. The van der Waals surface area contributed by atoms with Crippen LogP contribution in [0.15, 0.2) is 30.6 Å². The van der Waals surface area contributed by atoms with Crippen molar-refractivity contribution in [3.8, 4) is 0 Å². The molecular weight excluding hydrogens is 369 g/mol. The van der Waals surface area contributed by atoms with Crippen LogP contribution in [0, 0.1) is 0 Å². The van der Waals surface area contributed by atoms with Crippen LogP contribution in [0.25, 0.3) is 0 Å². The highest BCUT2D eigenvalue weighted by molar-refractivity contribution is 7.86. The number of rotatable bonds is 9. The standard InChI is InChI=1S/C10H17F5O3S.C5H5N/c11-9(12,13)7-5-3-1-2-4-6-8-10(14,15)19(16,17)18;1-2-4-6-5-3-1/h1-8H2,(H,16,17,18);1-5H. The Kier molecular flexibility index (Phi) is 10.8. The van der Waals surface area contributed by atoms with Crippen molar-refractivity contribution in [3.63, 3.8) is 0 Å². The summed E-state index contributed by atoms with van der Waals surface area (Å²) in [7, 11) is -5.38. The van der Waals surface area contributed by atoms with Gasteiger partial charge < -0.3 is 0 Å². The first-order valence-corrected chi connectivity index (χ1v) is 9.16. The smallest absolute Gasteiger partial charge is 0.281 e. The Morgan fingerprint density at radius 1 is 0.760 bits per heavy atom. The van der Waals surface area contributed by atoms with Crippen LogP contribution in [-0.2, 0) is 10.1 Å². The molecule has 0 aliphatic rings. The van der Waals surface area contributed by atoms with Crippen molar-refractivity contribution in [1.82, 2.24) is 4.98 Å². The third-order valence-electron chi connectivity index (χ3n) is 3.12. The molecule has 0 atom stereocenters. The molecule has 1 heterocycles. The van der Waals surface area contributed by atoms with Crippen LogP contribution >= 0.6 is 0 Å². The van der Waals surface area contributed by atoms with Crippen LogP contribution in [0.1, 0.15) is 51.4 Å². The van der Waals surface area contributed by atoms with Gasteiger partial charge in [-0.2, -0.15) is 30.4 Å². The number of nitrogens with zero attached hydrogens (tertiary/aromatic N) is 1. The van der Waals surface area contributed by atoms with Crippen molar-refractivity contribution >= 4 is 10.1 Å². The summed E-state index contributed by atoms with van der Waals surface area (Å²) < 4.78 is 89.5. The Balaban J connectivity index is 0.000000796. The molecule has 0 aromatic carbocycles. The molecule has 0 fully saturated rings. The molecule has 1 aromatic rings. The minimum atomic E-state index is -5.38. The van der Waals surface area contributed by atoms with Gasteiger partial charge in [0, 0.05) is 25.2 Å². The molecule has 4 nitrogen and oxygen atoms in total. The van der Waals surface area contributed by atoms with Crippen molar-refractivity contribution in [2.75, 3.05) is 0 Å². The lowest BCUT2D eigenvalue weighted by Gasteiger charge is -2.12. The number of pyridine rings is 1. The molecule has 10 heteroatoms. The van der Waals surface area contributed by atoms with Crippen molar-refractivity contribution in [2.45, 2.75) is 62.8 Å². The summed E-state index contributed by atoms with van der Waals surface area (Å²) in [6.45, 7) is 0. The van der Waals surface area contributed by atoms with Gasteiger partial charge in [0.1, 0.15) is 0 Å². The van der Waals surface area contributed by atoms with Gasteiger partial charge in [-0.3, -0.25) is 9.54 Å². The molecule has 0 unspecified atom stereocenters. The Hall–Kier alpha value is -1.29. The van der Waals surface area contributed by atoms with E-state index in [0.29, 0.717) is 19.3 Å². The Morgan fingerprint density at radius 3 is 1.52 bits per heavy atom. The van der Waals surface area contributed by atoms with Crippen LogP contribution in [0.2, 0.25) is 0 Å². The normalized spacial score (nSPS) is 12.4. The van der Waals surface area contributed by atoms with Gasteiger partial charge >= 0.3 is 21.5 Å². The van der Waals surface area contributed by atoms with E-state index in [1.165, 1.54) is 0 Å². The zero-order valence-corrected chi connectivity index (χ0v) is 14.4. The van der Waals surface area contributed by atoms with Crippen molar-refractivity contribution in [3.05, 3.63) is 30.6 Å². The molecule has 0 radical (unpaired) electrons. The predicted molar refractivity (Wildman–Crippen MR) is 83.7 cm³/mol. The topological polar surface area (TPSA) is 67.3 Å². The molecule has 0 amide bonds. The van der Waals surface area contributed by atoms with Crippen LogP contribution < -0.4 is 0 Å². The fourth-order valence-electron chi connectivity index (χ4n) is 1.80. The molecular formula is C15H22F5NO3S. The van der Waals surface area contributed by atoms with Gasteiger partial charge in [-0.1, -0.05) is 31.7 Å². The van der Waals surface area contributed by atoms with Gasteiger partial charge in [0.25, 0.3) is 0 Å². The van der Waals surface area contributed by atoms with Crippen LogP contribution in [-0.4, -0.2) is 29.4 Å². The lowest BCUT2D eigenvalue weighted by molar-refractivity contribution is -0.135. The summed E-state index contributed by atoms with van der Waals surface area (Å²) >= 11 is 0. The van der Waals surface area contributed by atoms with Crippen LogP contribution in [0.5, 0.6) is 0 Å². The predicted octanol–water partition coefficient (Wildman–Crippen LogP) is 5.23. The van der Waals surface area contributed by atoms with E-state index >= 15 is 0 Å². The molecule has 0 saturated carbocycles. The maximum absolute atomic E-state index is 12.7. The number of aromatic nitrogens is 1. The highest BCUT2D eigenvalue weighted by Gasteiger charge is 2.42. The average molecular weight is 391 g/mol. The highest BCUT2D eigenvalue weighted by Crippen LogP contribution is 2.28. The van der Waals surface area contributed by atoms with Crippen LogP contribution in [0.3, 0.4) is 0 Å². The van der Waals surface area contributed by atoms with E-state index in [2.05, 4.69) is 4.98 Å². The lowest BCUT2D eigenvalue weighted by atomic mass is 10.1. The van der Waals surface area contributed by atoms with Crippen molar-refractivity contribution in [2.24, 2.45) is 0 Å². The van der Waals surface area contributed by atoms with Gasteiger partial charge in [-0.25, -0.2) is 0 Å². The van der Waals surface area contributed by atoms with E-state index in [-0.39, 0.29) is 19.3 Å². The molecule has 0 spiro atoms. The molecule has 0 aliphatic carbocycles. The molecule has 146 valence electrons. The van der Waals surface area contributed by atoms with E-state index in [4.69, 9.17) is 4.55 Å². The van der Waals surface area contributed by atoms with E-state index in [9.17, 15) is 30.4 Å². The summed E-state index contributed by atoms with van der Waals surface area (Å²) in [5.41, 5.74) is 0. The molecule has 0 aliphatic heterocycles. The van der Waals surface area contributed by atoms with Gasteiger partial charge in [0.15, 0.2) is 0 Å². The second-order valence-corrected chi connectivity index (χ2v) is 6.92. The first-order chi connectivity index (χ1) is 11.5. The molecule has 1 N–H and O–H groups in total. The zero-order valence-electron chi connectivity index (χ0n) is 13.6. The number of unbranched alkanes of at least 4 members (excludes halogenated alkanes) is 5. The van der Waals surface area contributed by atoms with Gasteiger partial charge in [0.05, 0.1) is 0 Å². The first kappa shape index (κ1) is 23.7. The number of halogens is 5. The number of alkyl halides is 5. The van der Waals surface area contributed by atoms with Crippen LogP contribution in [0.4, 0.5) is 22.0 Å². The largest absolute Gasteiger partial charge is 0.389 e. The van der Waals surface area contributed by atoms with Gasteiger partial charge in [-0.15, -0.1) is 0 Å². The van der Waals surface area contributed by atoms with E-state index < -0.39 is 34.4 Å². The quantitative estimate of drug-likeness (QED) is 0.355. The van der Waals surface area contributed by atoms with Crippen molar-refractivity contribution < 1.29 is 34.9 Å². The van der Waals surface area contributed by atoms with E-state index in [1.807, 2.05) is 18.2 Å². The van der Waals surface area contributed by atoms with Crippen molar-refractivity contribution in [1.29, 1.82) is 0 Å². The van der Waals surface area contributed by atoms with E-state index in [1.54, 1.807) is 12.4 Å². The highest BCUT2D eigenvalue weighted by atomic mass is 32.2. The zero-order chi connectivity index (χ0) is 19.4. The Labute approximate surface area is 144 Å². The Morgan fingerprint density at radius 2 is 1.20 bits per heavy atom. The number of hydrogen-bond acceptors (Lipinski definition) is 3. The summed E-state index contributed by atoms with van der Waals surface area (Å²) in [6.07, 6.45) is -1.02. The Bertz CT molecular complexity index is 523. The fraction of sp³-hybridized carbons (Fsp3) is 0.667. The summed E-state index contributed by atoms with van der Waals surface area (Å²) in [5.74, 6) is 0. The molecule has 25 heavy (non-hydrogen) atoms. The molecule has 1 rings (SSSR count). The first-order valence-electron chi connectivity index (χ1n) is 7.72. The van der Waals surface area contributed by atoms with Gasteiger partial charge in [0.2, 0.25) is 0 Å². The third kappa shape index (κ3) is 13.7. The number of hydrogen-bond donors (Lipinski definition) is 1. The summed E-state index contributed by atoms with van der Waals surface area (Å²) in [4.78, 5) is 3.78. The lowest BCUT2D eigenvalue weighted by Crippen LogP contribution is -2.27. The maximum atomic E-state index is 12.7. The summed E-state index contributed by atoms with van der Waals surface area (Å²) in [6, 6.07) is 5.72. The maximum Gasteiger partial charge on any atom is 0.389 e. The molecule has 0 bridgehead atoms. The minimum absolute atomic E-state index is 0.00464. The minimum Gasteiger partial charge on any atom is -0.281 e. The summed E-state index contributed by atoms with van der Waals surface area (Å²) in [5, 5.41) is -4.15.